The maximum atomic E-state index is 13.3. The summed E-state index contributed by atoms with van der Waals surface area (Å²) in [4.78, 5) is 38.5. The molecule has 0 aromatic heterocycles. The Kier molecular flexibility index (Phi) is 6.81. The van der Waals surface area contributed by atoms with Gasteiger partial charge in [-0.2, -0.15) is 0 Å². The van der Waals surface area contributed by atoms with Crippen LogP contribution in [0.5, 0.6) is 5.75 Å². The zero-order chi connectivity index (χ0) is 23.6. The highest BCUT2D eigenvalue weighted by Crippen LogP contribution is 2.41. The standard InChI is InChI=1S/C23H21Cl2NO6/c1-23(2,3)32-22(29)26-18-11-15(25)5-7-16(18)17(21(26)28)10-13-9-14(24)6-8-19(13)31-12-20(27)30-4/h5-11H,12H2,1-4H3. The number of amides is 2. The fourth-order valence-corrected chi connectivity index (χ4v) is 3.35. The van der Waals surface area contributed by atoms with Gasteiger partial charge in [-0.1, -0.05) is 29.3 Å². The quantitative estimate of drug-likeness (QED) is 0.434. The van der Waals surface area contributed by atoms with Crippen LogP contribution in [0.25, 0.3) is 11.6 Å². The Morgan fingerprint density at radius 3 is 2.38 bits per heavy atom. The molecule has 2 aromatic carbocycles. The van der Waals surface area contributed by atoms with E-state index in [0.29, 0.717) is 32.6 Å². The van der Waals surface area contributed by atoms with Crippen LogP contribution in [0.3, 0.4) is 0 Å². The molecule has 2 aromatic rings. The van der Waals surface area contributed by atoms with E-state index in [0.717, 1.165) is 4.90 Å². The van der Waals surface area contributed by atoms with E-state index < -0.39 is 23.6 Å². The first-order valence-electron chi connectivity index (χ1n) is 9.58. The summed E-state index contributed by atoms with van der Waals surface area (Å²) in [6.07, 6.45) is 0.723. The molecule has 0 fully saturated rings. The van der Waals surface area contributed by atoms with Gasteiger partial charge in [-0.15, -0.1) is 0 Å². The molecule has 0 aliphatic carbocycles. The van der Waals surface area contributed by atoms with Gasteiger partial charge in [0.1, 0.15) is 11.4 Å². The molecule has 0 atom stereocenters. The predicted molar refractivity (Wildman–Crippen MR) is 122 cm³/mol. The zero-order valence-electron chi connectivity index (χ0n) is 17.9. The van der Waals surface area contributed by atoms with Crippen molar-refractivity contribution >= 4 is 58.5 Å². The molecule has 3 rings (SSSR count). The molecule has 1 aliphatic rings. The Morgan fingerprint density at radius 1 is 1.06 bits per heavy atom. The lowest BCUT2D eigenvalue weighted by atomic mass is 10.0. The second kappa shape index (κ2) is 9.22. The first-order valence-corrected chi connectivity index (χ1v) is 10.3. The van der Waals surface area contributed by atoms with Gasteiger partial charge in [0.05, 0.1) is 18.4 Å². The fourth-order valence-electron chi connectivity index (χ4n) is 3.01. The number of fused-ring (bicyclic) bond motifs is 1. The number of carbonyl (C=O) groups excluding carboxylic acids is 3. The van der Waals surface area contributed by atoms with Crippen LogP contribution in [-0.4, -0.2) is 37.3 Å². The summed E-state index contributed by atoms with van der Waals surface area (Å²) in [5.41, 5.74) is 0.653. The number of rotatable bonds is 4. The molecule has 32 heavy (non-hydrogen) atoms. The van der Waals surface area contributed by atoms with Crippen LogP contribution in [0.4, 0.5) is 10.5 Å². The van der Waals surface area contributed by atoms with Gasteiger partial charge in [0.2, 0.25) is 0 Å². The number of hydrogen-bond acceptors (Lipinski definition) is 6. The second-order valence-electron chi connectivity index (χ2n) is 7.89. The molecule has 0 bridgehead atoms. The van der Waals surface area contributed by atoms with Crippen LogP contribution in [-0.2, 0) is 19.1 Å². The predicted octanol–water partition coefficient (Wildman–Crippen LogP) is 5.37. The highest BCUT2D eigenvalue weighted by atomic mass is 35.5. The van der Waals surface area contributed by atoms with Gasteiger partial charge in [-0.3, -0.25) is 4.79 Å². The van der Waals surface area contributed by atoms with Crippen LogP contribution in [0.15, 0.2) is 36.4 Å². The Balaban J connectivity index is 2.07. The number of benzene rings is 2. The summed E-state index contributed by atoms with van der Waals surface area (Å²) in [5, 5.41) is 0.754. The molecule has 2 amide bonds. The molecule has 0 saturated carbocycles. The Hall–Kier alpha value is -3.03. The first-order chi connectivity index (χ1) is 15.0. The van der Waals surface area contributed by atoms with E-state index in [1.807, 2.05) is 0 Å². The Labute approximate surface area is 195 Å². The summed E-state index contributed by atoms with van der Waals surface area (Å²) >= 11 is 12.3. The summed E-state index contributed by atoms with van der Waals surface area (Å²) < 4.78 is 15.5. The molecule has 0 spiro atoms. The van der Waals surface area contributed by atoms with Gasteiger partial charge >= 0.3 is 12.1 Å². The topological polar surface area (TPSA) is 82.1 Å². The summed E-state index contributed by atoms with van der Waals surface area (Å²) in [5.74, 6) is -0.840. The van der Waals surface area contributed by atoms with Gasteiger partial charge < -0.3 is 14.2 Å². The monoisotopic (exact) mass is 477 g/mol. The maximum absolute atomic E-state index is 13.3. The average molecular weight is 478 g/mol. The van der Waals surface area contributed by atoms with Crippen molar-refractivity contribution in [1.82, 2.24) is 0 Å². The van der Waals surface area contributed by atoms with E-state index in [2.05, 4.69) is 4.74 Å². The van der Waals surface area contributed by atoms with Crippen LogP contribution >= 0.6 is 23.2 Å². The zero-order valence-corrected chi connectivity index (χ0v) is 19.4. The summed E-state index contributed by atoms with van der Waals surface area (Å²) in [7, 11) is 1.25. The van der Waals surface area contributed by atoms with Crippen molar-refractivity contribution in [3.63, 3.8) is 0 Å². The minimum atomic E-state index is -0.817. The van der Waals surface area contributed by atoms with E-state index in [4.69, 9.17) is 32.7 Å². The minimum absolute atomic E-state index is 0.215. The molecular formula is C23H21Cl2NO6. The molecular weight excluding hydrogens is 457 g/mol. The highest BCUT2D eigenvalue weighted by molar-refractivity contribution is 6.42. The third-order valence-electron chi connectivity index (χ3n) is 4.35. The minimum Gasteiger partial charge on any atom is -0.481 e. The van der Waals surface area contributed by atoms with Crippen LogP contribution in [0.1, 0.15) is 31.9 Å². The van der Waals surface area contributed by atoms with E-state index in [1.165, 1.54) is 19.3 Å². The van der Waals surface area contributed by atoms with Crippen molar-refractivity contribution in [3.8, 4) is 5.75 Å². The number of hydrogen-bond donors (Lipinski definition) is 0. The van der Waals surface area contributed by atoms with Crippen molar-refractivity contribution in [2.24, 2.45) is 0 Å². The largest absolute Gasteiger partial charge is 0.481 e. The van der Waals surface area contributed by atoms with Crippen LogP contribution in [0.2, 0.25) is 10.0 Å². The van der Waals surface area contributed by atoms with Crippen molar-refractivity contribution in [2.45, 2.75) is 26.4 Å². The molecule has 1 heterocycles. The maximum Gasteiger partial charge on any atom is 0.422 e. The van der Waals surface area contributed by atoms with Gasteiger partial charge in [-0.05, 0) is 57.2 Å². The van der Waals surface area contributed by atoms with E-state index in [1.54, 1.807) is 51.1 Å². The number of carbonyl (C=O) groups is 3. The number of nitrogens with zero attached hydrogens (tertiary/aromatic N) is 1. The fraction of sp³-hybridized carbons (Fsp3) is 0.261. The van der Waals surface area contributed by atoms with Gasteiger partial charge in [-0.25, -0.2) is 14.5 Å². The van der Waals surface area contributed by atoms with Crippen molar-refractivity contribution < 1.29 is 28.6 Å². The van der Waals surface area contributed by atoms with Gasteiger partial charge in [0.25, 0.3) is 5.91 Å². The SMILES string of the molecule is COC(=O)COc1ccc(Cl)cc1C=C1C(=O)N(C(=O)OC(C)(C)C)c2cc(Cl)ccc21. The summed E-state index contributed by atoms with van der Waals surface area (Å²) in [6.45, 7) is 4.80. The van der Waals surface area contributed by atoms with Crippen molar-refractivity contribution in [2.75, 3.05) is 18.6 Å². The smallest absolute Gasteiger partial charge is 0.422 e. The molecule has 0 unspecified atom stereocenters. The molecule has 0 saturated heterocycles. The number of methoxy groups -OCH3 is 1. The number of esters is 1. The first kappa shape index (κ1) is 23.6. The van der Waals surface area contributed by atoms with E-state index in [9.17, 15) is 14.4 Å². The third kappa shape index (κ3) is 5.23. The summed E-state index contributed by atoms with van der Waals surface area (Å²) in [6, 6.07) is 9.53. The number of ether oxygens (including phenoxy) is 3. The van der Waals surface area contributed by atoms with E-state index >= 15 is 0 Å². The average Bonchev–Trinajstić information content (AvgIpc) is 2.96. The molecule has 0 radical (unpaired) electrons. The Bertz CT molecular complexity index is 1120. The lowest BCUT2D eigenvalue weighted by Gasteiger charge is -2.23. The molecule has 0 N–H and O–H groups in total. The lowest BCUT2D eigenvalue weighted by molar-refractivity contribution is -0.142. The molecule has 168 valence electrons. The van der Waals surface area contributed by atoms with Crippen molar-refractivity contribution in [1.29, 1.82) is 0 Å². The van der Waals surface area contributed by atoms with Gasteiger partial charge in [0, 0.05) is 21.2 Å². The molecule has 7 nitrogen and oxygen atoms in total. The number of imide groups is 1. The van der Waals surface area contributed by atoms with Gasteiger partial charge in [0.15, 0.2) is 6.61 Å². The number of anilines is 1. The van der Waals surface area contributed by atoms with E-state index in [-0.39, 0.29) is 12.2 Å². The van der Waals surface area contributed by atoms with Crippen LogP contribution < -0.4 is 9.64 Å². The van der Waals surface area contributed by atoms with Crippen molar-refractivity contribution in [3.05, 3.63) is 57.6 Å². The third-order valence-corrected chi connectivity index (χ3v) is 4.82. The Morgan fingerprint density at radius 2 is 1.72 bits per heavy atom. The van der Waals surface area contributed by atoms with Crippen LogP contribution in [0, 0.1) is 0 Å². The highest BCUT2D eigenvalue weighted by Gasteiger charge is 2.39. The second-order valence-corrected chi connectivity index (χ2v) is 8.76. The molecule has 9 heteroatoms. The normalized spacial score (nSPS) is 14.4. The number of halogens is 2. The lowest BCUT2D eigenvalue weighted by Crippen LogP contribution is -2.38. The molecule has 1 aliphatic heterocycles.